The van der Waals surface area contributed by atoms with E-state index >= 15 is 0 Å². The van der Waals surface area contributed by atoms with Gasteiger partial charge in [-0.2, -0.15) is 0 Å². The molecule has 1 aliphatic heterocycles. The lowest BCUT2D eigenvalue weighted by Crippen LogP contribution is -2.48. The molecule has 0 aliphatic carbocycles. The molecule has 0 bridgehead atoms. The van der Waals surface area contributed by atoms with Gasteiger partial charge in [0.25, 0.3) is 5.69 Å². The Hall–Kier alpha value is -3.49. The molecule has 0 saturated carbocycles. The standard InChI is InChI=1S/C20H19FN2O6/c21-17-12-22(20(25)28-13-14-4-2-1-3-5-14)11-10-18(17)29-19(24)15-6-8-16(9-7-15)23(26)27/h1-9,17-18H,10-13H2/t17-,18+/m1/s1. The maximum Gasteiger partial charge on any atom is 0.410 e. The molecule has 1 saturated heterocycles. The maximum absolute atomic E-state index is 14.5. The Morgan fingerprint density at radius 2 is 1.83 bits per heavy atom. The number of carbonyl (C=O) groups excluding carboxylic acids is 2. The van der Waals surface area contributed by atoms with E-state index in [1.165, 1.54) is 29.2 Å². The fourth-order valence-electron chi connectivity index (χ4n) is 2.92. The molecule has 3 rings (SSSR count). The zero-order valence-corrected chi connectivity index (χ0v) is 15.4. The van der Waals surface area contributed by atoms with Gasteiger partial charge < -0.3 is 14.4 Å². The van der Waals surface area contributed by atoms with E-state index < -0.39 is 29.3 Å². The summed E-state index contributed by atoms with van der Waals surface area (Å²) in [5.74, 6) is -0.771. The second kappa shape index (κ2) is 9.13. The number of halogens is 1. The van der Waals surface area contributed by atoms with Crippen molar-refractivity contribution in [3.63, 3.8) is 0 Å². The zero-order valence-electron chi connectivity index (χ0n) is 15.4. The summed E-state index contributed by atoms with van der Waals surface area (Å²) in [6, 6.07) is 14.0. The molecule has 1 amide bonds. The van der Waals surface area contributed by atoms with E-state index in [1.807, 2.05) is 30.3 Å². The number of nitro benzene ring substituents is 1. The molecule has 0 radical (unpaired) electrons. The number of nitro groups is 1. The van der Waals surface area contributed by atoms with E-state index in [0.29, 0.717) is 0 Å². The minimum Gasteiger partial charge on any atom is -0.456 e. The van der Waals surface area contributed by atoms with E-state index in [9.17, 15) is 24.1 Å². The summed E-state index contributed by atoms with van der Waals surface area (Å²) in [4.78, 5) is 35.6. The number of non-ortho nitro benzene ring substituents is 1. The van der Waals surface area contributed by atoms with E-state index in [2.05, 4.69) is 0 Å². The van der Waals surface area contributed by atoms with Gasteiger partial charge in [0.15, 0.2) is 6.17 Å². The van der Waals surface area contributed by atoms with Gasteiger partial charge in [0.05, 0.1) is 17.0 Å². The molecule has 9 heteroatoms. The summed E-state index contributed by atoms with van der Waals surface area (Å²) >= 11 is 0. The lowest BCUT2D eigenvalue weighted by molar-refractivity contribution is -0.384. The first-order valence-electron chi connectivity index (χ1n) is 8.99. The minimum atomic E-state index is -1.56. The van der Waals surface area contributed by atoms with Crippen molar-refractivity contribution < 1.29 is 28.4 Å². The van der Waals surface area contributed by atoms with Gasteiger partial charge in [-0.05, 0) is 17.7 Å². The van der Waals surface area contributed by atoms with Crippen LogP contribution >= 0.6 is 0 Å². The average molecular weight is 402 g/mol. The van der Waals surface area contributed by atoms with E-state index in [-0.39, 0.29) is 37.4 Å². The summed E-state index contributed by atoms with van der Waals surface area (Å²) in [5, 5.41) is 10.7. The Balaban J connectivity index is 1.49. The van der Waals surface area contributed by atoms with E-state index in [4.69, 9.17) is 9.47 Å². The van der Waals surface area contributed by atoms with Crippen molar-refractivity contribution >= 4 is 17.7 Å². The molecule has 2 aromatic carbocycles. The molecule has 8 nitrogen and oxygen atoms in total. The number of likely N-dealkylation sites (tertiary alicyclic amines) is 1. The van der Waals surface area contributed by atoms with Crippen LogP contribution in [0.1, 0.15) is 22.3 Å². The van der Waals surface area contributed by atoms with Crippen LogP contribution in [0.25, 0.3) is 0 Å². The quantitative estimate of drug-likeness (QED) is 0.431. The van der Waals surface area contributed by atoms with Crippen molar-refractivity contribution in [1.82, 2.24) is 4.90 Å². The first-order valence-corrected chi connectivity index (χ1v) is 8.99. The molecular weight excluding hydrogens is 383 g/mol. The molecule has 1 fully saturated rings. The number of esters is 1. The number of hydrogen-bond donors (Lipinski definition) is 0. The fourth-order valence-corrected chi connectivity index (χ4v) is 2.92. The van der Waals surface area contributed by atoms with E-state index in [1.54, 1.807) is 0 Å². The van der Waals surface area contributed by atoms with Gasteiger partial charge in [-0.25, -0.2) is 14.0 Å². The highest BCUT2D eigenvalue weighted by atomic mass is 19.1. The Morgan fingerprint density at radius 1 is 1.14 bits per heavy atom. The molecule has 29 heavy (non-hydrogen) atoms. The predicted octanol–water partition coefficient (Wildman–Crippen LogP) is 3.50. The van der Waals surface area contributed by atoms with Gasteiger partial charge in [-0.1, -0.05) is 30.3 Å². The van der Waals surface area contributed by atoms with Crippen LogP contribution in [-0.2, 0) is 16.1 Å². The zero-order chi connectivity index (χ0) is 20.8. The summed E-state index contributed by atoms with van der Waals surface area (Å²) in [5.41, 5.74) is 0.754. The average Bonchev–Trinajstić information content (AvgIpc) is 2.74. The smallest absolute Gasteiger partial charge is 0.410 e. The van der Waals surface area contributed by atoms with Gasteiger partial charge in [0, 0.05) is 25.1 Å². The molecule has 0 N–H and O–H groups in total. The lowest BCUT2D eigenvalue weighted by atomic mass is 10.1. The fraction of sp³-hybridized carbons (Fsp3) is 0.300. The molecule has 1 heterocycles. The Bertz CT molecular complexity index is 874. The summed E-state index contributed by atoms with van der Waals surface area (Å²) in [6.45, 7) is 0.0315. The van der Waals surface area contributed by atoms with Crippen molar-refractivity contribution in [3.05, 3.63) is 75.8 Å². The van der Waals surface area contributed by atoms with Gasteiger partial charge in [0.1, 0.15) is 12.7 Å². The highest BCUT2D eigenvalue weighted by molar-refractivity contribution is 5.89. The summed E-state index contributed by atoms with van der Waals surface area (Å²) < 4.78 is 24.8. The van der Waals surface area contributed by atoms with Crippen LogP contribution in [0.15, 0.2) is 54.6 Å². The molecule has 2 atom stereocenters. The Kier molecular flexibility index (Phi) is 6.38. The van der Waals surface area contributed by atoms with Crippen LogP contribution < -0.4 is 0 Å². The van der Waals surface area contributed by atoms with Crippen molar-refractivity contribution in [2.75, 3.05) is 13.1 Å². The molecule has 2 aromatic rings. The third-order valence-electron chi connectivity index (χ3n) is 4.52. The van der Waals surface area contributed by atoms with Crippen LogP contribution in [-0.4, -0.2) is 47.3 Å². The number of piperidine rings is 1. The van der Waals surface area contributed by atoms with Gasteiger partial charge >= 0.3 is 12.1 Å². The van der Waals surface area contributed by atoms with Crippen molar-refractivity contribution in [2.45, 2.75) is 25.3 Å². The highest BCUT2D eigenvalue weighted by Gasteiger charge is 2.35. The summed E-state index contributed by atoms with van der Waals surface area (Å²) in [6.07, 6.45) is -3.07. The second-order valence-electron chi connectivity index (χ2n) is 6.54. The molecular formula is C20H19FN2O6. The lowest BCUT2D eigenvalue weighted by Gasteiger charge is -2.33. The van der Waals surface area contributed by atoms with Crippen molar-refractivity contribution in [3.8, 4) is 0 Å². The molecule has 152 valence electrons. The minimum absolute atomic E-state index is 0.0890. The number of carbonyl (C=O) groups is 2. The van der Waals surface area contributed by atoms with Gasteiger partial charge in [-0.3, -0.25) is 10.1 Å². The van der Waals surface area contributed by atoms with Gasteiger partial charge in [-0.15, -0.1) is 0 Å². The largest absolute Gasteiger partial charge is 0.456 e. The SMILES string of the molecule is O=C(O[C@H]1CCN(C(=O)OCc2ccccc2)C[C@H]1F)c1ccc([N+](=O)[O-])cc1. The predicted molar refractivity (Wildman–Crippen MR) is 100 cm³/mol. The van der Waals surface area contributed by atoms with Crippen LogP contribution in [0.4, 0.5) is 14.9 Å². The number of benzene rings is 2. The summed E-state index contributed by atoms with van der Waals surface area (Å²) in [7, 11) is 0. The topological polar surface area (TPSA) is 99.0 Å². The number of amides is 1. The van der Waals surface area contributed by atoms with Crippen molar-refractivity contribution in [2.24, 2.45) is 0 Å². The molecule has 0 unspecified atom stereocenters. The molecule has 0 aromatic heterocycles. The van der Waals surface area contributed by atoms with Crippen molar-refractivity contribution in [1.29, 1.82) is 0 Å². The van der Waals surface area contributed by atoms with Crippen LogP contribution in [0.3, 0.4) is 0 Å². The highest BCUT2D eigenvalue weighted by Crippen LogP contribution is 2.21. The third-order valence-corrected chi connectivity index (χ3v) is 4.52. The molecule has 1 aliphatic rings. The third kappa shape index (κ3) is 5.28. The van der Waals surface area contributed by atoms with Crippen LogP contribution in [0.2, 0.25) is 0 Å². The monoisotopic (exact) mass is 402 g/mol. The first kappa shape index (κ1) is 20.2. The number of rotatable bonds is 5. The Morgan fingerprint density at radius 3 is 2.45 bits per heavy atom. The molecule has 0 spiro atoms. The van der Waals surface area contributed by atoms with E-state index in [0.717, 1.165) is 5.56 Å². The number of hydrogen-bond acceptors (Lipinski definition) is 6. The van der Waals surface area contributed by atoms with Crippen LogP contribution in [0, 0.1) is 10.1 Å². The number of alkyl halides is 1. The number of ether oxygens (including phenoxy) is 2. The van der Waals surface area contributed by atoms with Gasteiger partial charge in [0.2, 0.25) is 0 Å². The second-order valence-corrected chi connectivity index (χ2v) is 6.54. The van der Waals surface area contributed by atoms with Crippen LogP contribution in [0.5, 0.6) is 0 Å². The maximum atomic E-state index is 14.5. The first-order chi connectivity index (χ1) is 13.9. The number of nitrogens with zero attached hydrogens (tertiary/aromatic N) is 2. The Labute approximate surface area is 166 Å². The normalized spacial score (nSPS) is 18.7.